The Labute approximate surface area is 103 Å². The highest BCUT2D eigenvalue weighted by atomic mass is 16.5. The molecule has 1 aromatic carbocycles. The molecule has 0 radical (unpaired) electrons. The molecule has 94 valence electrons. The molecule has 1 fully saturated rings. The van der Waals surface area contributed by atoms with Crippen LogP contribution in [0.15, 0.2) is 18.2 Å². The Hall–Kier alpha value is -1.38. The lowest BCUT2D eigenvalue weighted by Gasteiger charge is -2.19. The maximum Gasteiger partial charge on any atom is 0.121 e. The molecule has 3 N–H and O–H groups in total. The number of benzene rings is 1. The minimum Gasteiger partial charge on any atom is -0.497 e. The van der Waals surface area contributed by atoms with Crippen molar-refractivity contribution in [2.75, 3.05) is 18.2 Å². The van der Waals surface area contributed by atoms with E-state index in [9.17, 15) is 0 Å². The number of nitrogen functional groups attached to an aromatic ring is 1. The van der Waals surface area contributed by atoms with Gasteiger partial charge in [0.2, 0.25) is 0 Å². The van der Waals surface area contributed by atoms with E-state index < -0.39 is 0 Å². The molecule has 1 saturated carbocycles. The van der Waals surface area contributed by atoms with Crippen molar-refractivity contribution in [2.24, 2.45) is 5.92 Å². The molecule has 0 saturated heterocycles. The summed E-state index contributed by atoms with van der Waals surface area (Å²) in [5.74, 6) is 1.75. The van der Waals surface area contributed by atoms with E-state index in [1.807, 2.05) is 18.2 Å². The summed E-state index contributed by atoms with van der Waals surface area (Å²) in [5, 5.41) is 3.54. The number of hydrogen-bond acceptors (Lipinski definition) is 3. The van der Waals surface area contributed by atoms with Crippen LogP contribution in [0.1, 0.15) is 32.6 Å². The van der Waals surface area contributed by atoms with Crippen molar-refractivity contribution in [1.29, 1.82) is 0 Å². The lowest BCUT2D eigenvalue weighted by atomic mass is 10.1. The van der Waals surface area contributed by atoms with E-state index in [0.717, 1.165) is 29.5 Å². The molecule has 0 aromatic heterocycles. The van der Waals surface area contributed by atoms with Gasteiger partial charge in [-0.1, -0.05) is 19.8 Å². The zero-order chi connectivity index (χ0) is 12.3. The van der Waals surface area contributed by atoms with Crippen LogP contribution in [0.25, 0.3) is 0 Å². The Kier molecular flexibility index (Phi) is 3.77. The number of nitrogens with one attached hydrogen (secondary N) is 1. The summed E-state index contributed by atoms with van der Waals surface area (Å²) >= 11 is 0. The molecule has 0 amide bonds. The minimum absolute atomic E-state index is 0.540. The van der Waals surface area contributed by atoms with Crippen molar-refractivity contribution in [3.63, 3.8) is 0 Å². The van der Waals surface area contributed by atoms with E-state index in [2.05, 4.69) is 12.2 Å². The Morgan fingerprint density at radius 1 is 1.47 bits per heavy atom. The van der Waals surface area contributed by atoms with Gasteiger partial charge in [-0.2, -0.15) is 0 Å². The zero-order valence-electron chi connectivity index (χ0n) is 10.7. The Balaban J connectivity index is 2.00. The molecule has 0 bridgehead atoms. The van der Waals surface area contributed by atoms with Gasteiger partial charge < -0.3 is 15.8 Å². The fourth-order valence-corrected chi connectivity index (χ4v) is 2.10. The molecule has 3 nitrogen and oxygen atoms in total. The van der Waals surface area contributed by atoms with Crippen molar-refractivity contribution < 1.29 is 4.74 Å². The van der Waals surface area contributed by atoms with Gasteiger partial charge in [0.05, 0.1) is 18.5 Å². The molecule has 2 rings (SSSR count). The number of rotatable bonds is 6. The van der Waals surface area contributed by atoms with Crippen molar-refractivity contribution in [3.8, 4) is 5.75 Å². The normalized spacial score (nSPS) is 16.6. The van der Waals surface area contributed by atoms with E-state index in [1.165, 1.54) is 19.3 Å². The second kappa shape index (κ2) is 5.30. The summed E-state index contributed by atoms with van der Waals surface area (Å²) < 4.78 is 5.15. The highest BCUT2D eigenvalue weighted by molar-refractivity contribution is 5.68. The SMILES string of the molecule is CCC(CC1CC1)Nc1ccc(OC)cc1N. The second-order valence-electron chi connectivity index (χ2n) is 4.88. The van der Waals surface area contributed by atoms with E-state index in [0.29, 0.717) is 6.04 Å². The average molecular weight is 234 g/mol. The fraction of sp³-hybridized carbons (Fsp3) is 0.571. The van der Waals surface area contributed by atoms with Gasteiger partial charge in [0, 0.05) is 12.1 Å². The third kappa shape index (κ3) is 3.29. The maximum absolute atomic E-state index is 6.00. The number of nitrogens with two attached hydrogens (primary N) is 1. The van der Waals surface area contributed by atoms with Crippen molar-refractivity contribution in [2.45, 2.75) is 38.6 Å². The van der Waals surface area contributed by atoms with Crippen LogP contribution in [0, 0.1) is 5.92 Å². The van der Waals surface area contributed by atoms with Gasteiger partial charge in [0.1, 0.15) is 5.75 Å². The van der Waals surface area contributed by atoms with Gasteiger partial charge in [0.15, 0.2) is 0 Å². The average Bonchev–Trinajstić information content (AvgIpc) is 3.14. The van der Waals surface area contributed by atoms with Crippen LogP contribution in [-0.4, -0.2) is 13.2 Å². The highest BCUT2D eigenvalue weighted by Crippen LogP contribution is 2.35. The first-order valence-electron chi connectivity index (χ1n) is 6.43. The van der Waals surface area contributed by atoms with Crippen LogP contribution < -0.4 is 15.8 Å². The van der Waals surface area contributed by atoms with Crippen molar-refractivity contribution in [3.05, 3.63) is 18.2 Å². The van der Waals surface area contributed by atoms with E-state index in [1.54, 1.807) is 7.11 Å². The molecule has 0 aliphatic heterocycles. The predicted octanol–water partition coefficient (Wildman–Crippen LogP) is 3.27. The lowest BCUT2D eigenvalue weighted by Crippen LogP contribution is -2.19. The quantitative estimate of drug-likeness (QED) is 0.743. The van der Waals surface area contributed by atoms with Crippen LogP contribution in [0.5, 0.6) is 5.75 Å². The monoisotopic (exact) mass is 234 g/mol. The van der Waals surface area contributed by atoms with Crippen molar-refractivity contribution in [1.82, 2.24) is 0 Å². The van der Waals surface area contributed by atoms with Crippen LogP contribution in [0.3, 0.4) is 0 Å². The second-order valence-corrected chi connectivity index (χ2v) is 4.88. The van der Waals surface area contributed by atoms with Crippen LogP contribution in [0.4, 0.5) is 11.4 Å². The summed E-state index contributed by atoms with van der Waals surface area (Å²) in [6.45, 7) is 2.22. The largest absolute Gasteiger partial charge is 0.497 e. The molecule has 1 aliphatic rings. The first-order chi connectivity index (χ1) is 8.22. The molecule has 17 heavy (non-hydrogen) atoms. The van der Waals surface area contributed by atoms with Gasteiger partial charge >= 0.3 is 0 Å². The summed E-state index contributed by atoms with van der Waals surface area (Å²) in [7, 11) is 1.66. The fourth-order valence-electron chi connectivity index (χ4n) is 2.10. The number of anilines is 2. The maximum atomic E-state index is 6.00. The van der Waals surface area contributed by atoms with Crippen molar-refractivity contribution >= 4 is 11.4 Å². The zero-order valence-corrected chi connectivity index (χ0v) is 10.7. The molecular formula is C14H22N2O. The smallest absolute Gasteiger partial charge is 0.121 e. The topological polar surface area (TPSA) is 47.3 Å². The van der Waals surface area contributed by atoms with Crippen LogP contribution >= 0.6 is 0 Å². The summed E-state index contributed by atoms with van der Waals surface area (Å²) in [4.78, 5) is 0. The molecule has 1 aliphatic carbocycles. The standard InChI is InChI=1S/C14H22N2O/c1-3-11(8-10-4-5-10)16-14-7-6-12(17-2)9-13(14)15/h6-7,9-11,16H,3-5,8,15H2,1-2H3. The van der Waals surface area contributed by atoms with Crippen LogP contribution in [0.2, 0.25) is 0 Å². The van der Waals surface area contributed by atoms with Crippen LogP contribution in [-0.2, 0) is 0 Å². The van der Waals surface area contributed by atoms with Gasteiger partial charge in [-0.15, -0.1) is 0 Å². The molecule has 0 heterocycles. The summed E-state index contributed by atoms with van der Waals surface area (Å²) in [5.41, 5.74) is 7.79. The number of ether oxygens (including phenoxy) is 1. The van der Waals surface area contributed by atoms with E-state index in [-0.39, 0.29) is 0 Å². The summed E-state index contributed by atoms with van der Waals surface area (Å²) in [6, 6.07) is 6.36. The Bertz CT molecular complexity index is 374. The Morgan fingerprint density at radius 3 is 2.76 bits per heavy atom. The third-order valence-electron chi connectivity index (χ3n) is 3.43. The minimum atomic E-state index is 0.540. The van der Waals surface area contributed by atoms with Gasteiger partial charge in [-0.25, -0.2) is 0 Å². The number of hydrogen-bond donors (Lipinski definition) is 2. The van der Waals surface area contributed by atoms with Gasteiger partial charge in [0.25, 0.3) is 0 Å². The third-order valence-corrected chi connectivity index (χ3v) is 3.43. The van der Waals surface area contributed by atoms with E-state index >= 15 is 0 Å². The molecular weight excluding hydrogens is 212 g/mol. The Morgan fingerprint density at radius 2 is 2.24 bits per heavy atom. The summed E-state index contributed by atoms with van der Waals surface area (Å²) in [6.07, 6.45) is 5.20. The first kappa shape index (κ1) is 12.1. The molecule has 1 atom stereocenters. The molecule has 0 spiro atoms. The van der Waals surface area contributed by atoms with Gasteiger partial charge in [-0.05, 0) is 30.9 Å². The molecule has 1 unspecified atom stereocenters. The lowest BCUT2D eigenvalue weighted by molar-refractivity contribution is 0.415. The van der Waals surface area contributed by atoms with E-state index in [4.69, 9.17) is 10.5 Å². The highest BCUT2D eigenvalue weighted by Gasteiger charge is 2.24. The molecule has 1 aromatic rings. The first-order valence-corrected chi connectivity index (χ1v) is 6.43. The predicted molar refractivity (Wildman–Crippen MR) is 72.4 cm³/mol. The number of methoxy groups -OCH3 is 1. The molecule has 3 heteroatoms. The van der Waals surface area contributed by atoms with Gasteiger partial charge in [-0.3, -0.25) is 0 Å².